The first-order valence-corrected chi connectivity index (χ1v) is 7.65. The molecule has 110 valence electrons. The van der Waals surface area contributed by atoms with E-state index in [0.717, 1.165) is 0 Å². The quantitative estimate of drug-likeness (QED) is 0.678. The lowest BCUT2D eigenvalue weighted by atomic mass is 10.4. The van der Waals surface area contributed by atoms with Gasteiger partial charge in [0.25, 0.3) is 0 Å². The van der Waals surface area contributed by atoms with Crippen LogP contribution < -0.4 is 0 Å². The molecular formula is C15H29N3S. The highest BCUT2D eigenvalue weighted by Crippen LogP contribution is 2.36. The summed E-state index contributed by atoms with van der Waals surface area (Å²) in [6.07, 6.45) is 8.67. The number of hydrogen-bond donors (Lipinski definition) is 0. The van der Waals surface area contributed by atoms with Crippen molar-refractivity contribution in [2.75, 3.05) is 21.1 Å². The molecule has 0 N–H and O–H groups in total. The fourth-order valence-electron chi connectivity index (χ4n) is 2.01. The first kappa shape index (κ1) is 18.0. The second-order valence-electron chi connectivity index (χ2n) is 4.36. The molecule has 2 aliphatic heterocycles. The SMILES string of the molecule is C=CC.CC.CC1=CN(C)C(C2N(C)C=CN2C)S1. The smallest absolute Gasteiger partial charge is 0.131 e. The minimum atomic E-state index is 0.443. The van der Waals surface area contributed by atoms with Gasteiger partial charge in [-0.15, -0.1) is 18.3 Å². The highest BCUT2D eigenvalue weighted by Gasteiger charge is 2.35. The fourth-order valence-corrected chi connectivity index (χ4v) is 3.35. The van der Waals surface area contributed by atoms with Crippen molar-refractivity contribution in [3.05, 3.63) is 36.2 Å². The summed E-state index contributed by atoms with van der Waals surface area (Å²) in [5.41, 5.74) is 0. The number of allylic oxidation sites excluding steroid dienone is 2. The molecule has 0 fully saturated rings. The zero-order valence-corrected chi connectivity index (χ0v) is 14.2. The number of likely N-dealkylation sites (N-methyl/N-ethyl adjacent to an activating group) is 3. The van der Waals surface area contributed by atoms with Crippen LogP contribution in [0.3, 0.4) is 0 Å². The van der Waals surface area contributed by atoms with Crippen LogP contribution >= 0.6 is 11.8 Å². The van der Waals surface area contributed by atoms with Crippen molar-refractivity contribution >= 4 is 11.8 Å². The maximum atomic E-state index is 3.36. The number of nitrogens with zero attached hydrogens (tertiary/aromatic N) is 3. The van der Waals surface area contributed by atoms with E-state index >= 15 is 0 Å². The van der Waals surface area contributed by atoms with Gasteiger partial charge < -0.3 is 14.7 Å². The molecule has 0 bridgehead atoms. The fraction of sp³-hybridized carbons (Fsp3) is 0.600. The molecule has 1 atom stereocenters. The van der Waals surface area contributed by atoms with Gasteiger partial charge in [-0.1, -0.05) is 19.9 Å². The molecule has 4 heteroatoms. The summed E-state index contributed by atoms with van der Waals surface area (Å²) < 4.78 is 0. The lowest BCUT2D eigenvalue weighted by molar-refractivity contribution is 0.152. The number of thioether (sulfide) groups is 1. The van der Waals surface area contributed by atoms with E-state index in [1.54, 1.807) is 6.08 Å². The van der Waals surface area contributed by atoms with E-state index in [0.29, 0.717) is 11.5 Å². The first-order valence-electron chi connectivity index (χ1n) is 6.77. The second kappa shape index (κ2) is 8.97. The Morgan fingerprint density at radius 3 is 1.84 bits per heavy atom. The van der Waals surface area contributed by atoms with Gasteiger partial charge in [0.1, 0.15) is 11.5 Å². The van der Waals surface area contributed by atoms with E-state index in [1.807, 2.05) is 32.5 Å². The molecule has 0 aliphatic carbocycles. The van der Waals surface area contributed by atoms with Gasteiger partial charge in [-0.05, 0) is 18.8 Å². The van der Waals surface area contributed by atoms with Crippen LogP contribution in [0.5, 0.6) is 0 Å². The average Bonchev–Trinajstić information content (AvgIpc) is 2.86. The second-order valence-corrected chi connectivity index (χ2v) is 5.73. The van der Waals surface area contributed by atoms with Crippen LogP contribution in [0.4, 0.5) is 0 Å². The van der Waals surface area contributed by atoms with Gasteiger partial charge in [0.05, 0.1) is 0 Å². The van der Waals surface area contributed by atoms with Gasteiger partial charge >= 0.3 is 0 Å². The Morgan fingerprint density at radius 1 is 1.11 bits per heavy atom. The highest BCUT2D eigenvalue weighted by atomic mass is 32.2. The van der Waals surface area contributed by atoms with Crippen LogP contribution in [-0.4, -0.2) is 47.4 Å². The van der Waals surface area contributed by atoms with Gasteiger partial charge in [-0.25, -0.2) is 0 Å². The average molecular weight is 283 g/mol. The van der Waals surface area contributed by atoms with Crippen LogP contribution in [0.2, 0.25) is 0 Å². The number of rotatable bonds is 1. The van der Waals surface area contributed by atoms with Crippen molar-refractivity contribution in [3.63, 3.8) is 0 Å². The third kappa shape index (κ3) is 4.86. The Hall–Kier alpha value is -1.03. The summed E-state index contributed by atoms with van der Waals surface area (Å²) >= 11 is 1.94. The Morgan fingerprint density at radius 2 is 1.53 bits per heavy atom. The molecule has 0 radical (unpaired) electrons. The normalized spacial score (nSPS) is 21.5. The summed E-state index contributed by atoms with van der Waals surface area (Å²) in [7, 11) is 6.41. The maximum absolute atomic E-state index is 3.36. The van der Waals surface area contributed by atoms with E-state index in [1.165, 1.54) is 4.91 Å². The molecule has 0 amide bonds. The van der Waals surface area contributed by atoms with Crippen LogP contribution in [0, 0.1) is 0 Å². The van der Waals surface area contributed by atoms with Gasteiger partial charge in [-0.3, -0.25) is 0 Å². The Bertz CT molecular complexity index is 313. The van der Waals surface area contributed by atoms with Crippen LogP contribution in [0.25, 0.3) is 0 Å². The largest absolute Gasteiger partial charge is 0.364 e. The summed E-state index contributed by atoms with van der Waals surface area (Å²) in [5.74, 6) is 0. The number of hydrogen-bond acceptors (Lipinski definition) is 4. The Kier molecular flexibility index (Phi) is 8.48. The van der Waals surface area contributed by atoms with Crippen molar-refractivity contribution < 1.29 is 0 Å². The Balaban J connectivity index is 0.000000573. The van der Waals surface area contributed by atoms with E-state index in [4.69, 9.17) is 0 Å². The predicted octanol–water partition coefficient (Wildman–Crippen LogP) is 3.75. The van der Waals surface area contributed by atoms with Crippen molar-refractivity contribution in [3.8, 4) is 0 Å². The standard InChI is InChI=1S/C10H17N3S.C3H6.C2H6/c1-8-7-13(4)10(14-8)9-11(2)5-6-12(9)3;1-3-2;1-2/h5-7,9-10H,1-4H3;3H,1H2,2H3;1-2H3. The van der Waals surface area contributed by atoms with Gasteiger partial charge in [0.2, 0.25) is 0 Å². The third-order valence-electron chi connectivity index (χ3n) is 2.72. The van der Waals surface area contributed by atoms with E-state index in [-0.39, 0.29) is 0 Å². The van der Waals surface area contributed by atoms with Crippen LogP contribution in [0.15, 0.2) is 36.2 Å². The van der Waals surface area contributed by atoms with Gasteiger partial charge in [0, 0.05) is 39.7 Å². The Labute approximate surface area is 123 Å². The molecule has 0 aromatic carbocycles. The minimum absolute atomic E-state index is 0.443. The van der Waals surface area contributed by atoms with E-state index < -0.39 is 0 Å². The van der Waals surface area contributed by atoms with Crippen LogP contribution in [0.1, 0.15) is 27.7 Å². The molecule has 0 aromatic rings. The van der Waals surface area contributed by atoms with Crippen molar-refractivity contribution in [1.29, 1.82) is 0 Å². The van der Waals surface area contributed by atoms with Gasteiger partial charge in [-0.2, -0.15) is 0 Å². The van der Waals surface area contributed by atoms with Crippen molar-refractivity contribution in [2.24, 2.45) is 0 Å². The predicted molar refractivity (Wildman–Crippen MR) is 88.6 cm³/mol. The maximum Gasteiger partial charge on any atom is 0.131 e. The highest BCUT2D eigenvalue weighted by molar-refractivity contribution is 8.03. The summed E-state index contributed by atoms with van der Waals surface area (Å²) in [4.78, 5) is 8.22. The molecule has 2 rings (SSSR count). The molecule has 0 saturated carbocycles. The molecule has 0 aromatic heterocycles. The topological polar surface area (TPSA) is 9.72 Å². The summed E-state index contributed by atoms with van der Waals surface area (Å²) in [5, 5.41) is 0.500. The molecule has 1 unspecified atom stereocenters. The summed E-state index contributed by atoms with van der Waals surface area (Å²) in [6.45, 7) is 11.4. The molecule has 3 nitrogen and oxygen atoms in total. The minimum Gasteiger partial charge on any atom is -0.364 e. The summed E-state index contributed by atoms with van der Waals surface area (Å²) in [6, 6.07) is 0. The van der Waals surface area contributed by atoms with E-state index in [2.05, 4.69) is 67.9 Å². The zero-order chi connectivity index (χ0) is 15.0. The molecule has 2 heterocycles. The molecule has 0 saturated heterocycles. The third-order valence-corrected chi connectivity index (χ3v) is 4.01. The lowest BCUT2D eigenvalue weighted by Crippen LogP contribution is -2.47. The van der Waals surface area contributed by atoms with Gasteiger partial charge in [0.15, 0.2) is 0 Å². The zero-order valence-electron chi connectivity index (χ0n) is 13.4. The van der Waals surface area contributed by atoms with Crippen molar-refractivity contribution in [2.45, 2.75) is 39.2 Å². The van der Waals surface area contributed by atoms with Crippen LogP contribution in [-0.2, 0) is 0 Å². The molecule has 19 heavy (non-hydrogen) atoms. The molecule has 2 aliphatic rings. The monoisotopic (exact) mass is 283 g/mol. The van der Waals surface area contributed by atoms with E-state index in [9.17, 15) is 0 Å². The van der Waals surface area contributed by atoms with Crippen molar-refractivity contribution in [1.82, 2.24) is 14.7 Å². The molecule has 0 spiro atoms. The lowest BCUT2D eigenvalue weighted by Gasteiger charge is -2.35. The molecular weight excluding hydrogens is 254 g/mol. The first-order chi connectivity index (χ1) is 9.01.